The Kier molecular flexibility index (Phi) is 3.61. The van der Waals surface area contributed by atoms with Gasteiger partial charge in [0, 0.05) is 23.9 Å². The predicted molar refractivity (Wildman–Crippen MR) is 83.5 cm³/mol. The highest BCUT2D eigenvalue weighted by molar-refractivity contribution is 7.93. The molecule has 0 aliphatic carbocycles. The molecule has 0 bridgehead atoms. The Bertz CT molecular complexity index is 796. The lowest BCUT2D eigenvalue weighted by atomic mass is 10.2. The number of aryl methyl sites for hydroxylation is 1. The minimum absolute atomic E-state index is 0.174. The Morgan fingerprint density at radius 1 is 1.32 bits per heavy atom. The van der Waals surface area contributed by atoms with Crippen molar-refractivity contribution in [1.29, 1.82) is 0 Å². The van der Waals surface area contributed by atoms with Gasteiger partial charge in [0.1, 0.15) is 0 Å². The molecule has 0 spiro atoms. The van der Waals surface area contributed by atoms with Crippen LogP contribution in [0.5, 0.6) is 0 Å². The predicted octanol–water partition coefficient (Wildman–Crippen LogP) is 1.51. The van der Waals surface area contributed by atoms with Gasteiger partial charge < -0.3 is 5.32 Å². The summed E-state index contributed by atoms with van der Waals surface area (Å²) in [6.07, 6.45) is 0.628. The maximum Gasteiger partial charge on any atom is 0.256 e. The van der Waals surface area contributed by atoms with Crippen LogP contribution in [0.1, 0.15) is 22.5 Å². The highest BCUT2D eigenvalue weighted by atomic mass is 32.2. The number of aromatic nitrogens is 2. The number of nitrogens with one attached hydrogen (secondary N) is 2. The van der Waals surface area contributed by atoms with E-state index in [4.69, 9.17) is 0 Å². The topological polar surface area (TPSA) is 95.2 Å². The number of carbonyl (C=O) groups excluding carboxylic acids is 1. The van der Waals surface area contributed by atoms with Crippen molar-refractivity contribution in [3.05, 3.63) is 41.6 Å². The summed E-state index contributed by atoms with van der Waals surface area (Å²) in [5, 5.41) is 9.35. The van der Waals surface area contributed by atoms with Crippen molar-refractivity contribution in [1.82, 2.24) is 10.2 Å². The fourth-order valence-electron chi connectivity index (χ4n) is 2.38. The lowest BCUT2D eigenvalue weighted by Gasteiger charge is -2.16. The van der Waals surface area contributed by atoms with E-state index >= 15 is 0 Å². The zero-order chi connectivity index (χ0) is 15.7. The van der Waals surface area contributed by atoms with E-state index < -0.39 is 10.0 Å². The highest BCUT2D eigenvalue weighted by Crippen LogP contribution is 2.24. The van der Waals surface area contributed by atoms with Gasteiger partial charge in [-0.2, -0.15) is 5.10 Å². The minimum atomic E-state index is -3.20. The molecule has 3 rings (SSSR count). The molecule has 1 fully saturated rings. The number of carbonyl (C=O) groups is 1. The second kappa shape index (κ2) is 5.45. The number of aromatic amines is 1. The van der Waals surface area contributed by atoms with Crippen LogP contribution in [-0.2, 0) is 10.0 Å². The van der Waals surface area contributed by atoms with E-state index in [0.717, 1.165) is 5.69 Å². The lowest BCUT2D eigenvalue weighted by molar-refractivity contribution is 0.102. The number of anilines is 2. The van der Waals surface area contributed by atoms with Crippen LogP contribution in [0, 0.1) is 6.92 Å². The first-order chi connectivity index (χ1) is 10.5. The molecule has 2 N–H and O–H groups in total. The first-order valence-corrected chi connectivity index (χ1v) is 8.50. The van der Waals surface area contributed by atoms with Crippen molar-refractivity contribution in [2.45, 2.75) is 13.3 Å². The molecule has 2 aromatic rings. The third kappa shape index (κ3) is 2.82. The average molecular weight is 320 g/mol. The van der Waals surface area contributed by atoms with Gasteiger partial charge in [0.05, 0.1) is 11.4 Å². The molecule has 0 unspecified atom stereocenters. The molecule has 1 aliphatic rings. The van der Waals surface area contributed by atoms with Gasteiger partial charge in [-0.05, 0) is 37.6 Å². The molecule has 116 valence electrons. The third-order valence-electron chi connectivity index (χ3n) is 3.46. The fraction of sp³-hybridized carbons (Fsp3) is 0.286. The monoisotopic (exact) mass is 320 g/mol. The van der Waals surface area contributed by atoms with Crippen LogP contribution in [0.15, 0.2) is 30.3 Å². The number of amides is 1. The average Bonchev–Trinajstić information content (AvgIpc) is 3.04. The van der Waals surface area contributed by atoms with E-state index in [1.165, 1.54) is 4.31 Å². The Morgan fingerprint density at radius 3 is 2.59 bits per heavy atom. The molecule has 1 saturated heterocycles. The summed E-state index contributed by atoms with van der Waals surface area (Å²) in [5.41, 5.74) is 1.88. The quantitative estimate of drug-likeness (QED) is 0.896. The number of benzene rings is 1. The fourth-order valence-corrected chi connectivity index (χ4v) is 3.94. The molecule has 8 heteroatoms. The van der Waals surface area contributed by atoms with Gasteiger partial charge in [-0.1, -0.05) is 0 Å². The Hall–Kier alpha value is -2.35. The van der Waals surface area contributed by atoms with Gasteiger partial charge in [-0.25, -0.2) is 8.42 Å². The molecule has 7 nitrogen and oxygen atoms in total. The van der Waals surface area contributed by atoms with Gasteiger partial charge in [0.15, 0.2) is 5.82 Å². The SMILES string of the molecule is Cc1cc(NC(=O)c2ccc(N3CCCS3(=O)=O)cc2)n[nH]1. The zero-order valence-corrected chi connectivity index (χ0v) is 12.9. The van der Waals surface area contributed by atoms with Gasteiger partial charge >= 0.3 is 0 Å². The number of H-pyrrole nitrogens is 1. The molecule has 1 aromatic carbocycles. The maximum absolute atomic E-state index is 12.1. The standard InChI is InChI=1S/C14H16N4O3S/c1-10-9-13(17-16-10)15-14(19)11-3-5-12(6-4-11)18-7-2-8-22(18,20)21/h3-6,9H,2,7-8H2,1H3,(H2,15,16,17,19). The largest absolute Gasteiger partial charge is 0.305 e. The number of hydrogen-bond acceptors (Lipinski definition) is 4. The number of hydrogen-bond donors (Lipinski definition) is 2. The van der Waals surface area contributed by atoms with E-state index in [2.05, 4.69) is 15.5 Å². The summed E-state index contributed by atoms with van der Waals surface area (Å²) in [4.78, 5) is 12.1. The first-order valence-electron chi connectivity index (χ1n) is 6.89. The van der Waals surface area contributed by atoms with Crippen molar-refractivity contribution >= 4 is 27.4 Å². The highest BCUT2D eigenvalue weighted by Gasteiger charge is 2.28. The van der Waals surface area contributed by atoms with Crippen LogP contribution < -0.4 is 9.62 Å². The van der Waals surface area contributed by atoms with Gasteiger partial charge in [0.25, 0.3) is 5.91 Å². The number of rotatable bonds is 3. The Morgan fingerprint density at radius 2 is 2.05 bits per heavy atom. The third-order valence-corrected chi connectivity index (χ3v) is 5.33. The first kappa shape index (κ1) is 14.6. The van der Waals surface area contributed by atoms with Crippen molar-refractivity contribution in [2.75, 3.05) is 21.9 Å². The van der Waals surface area contributed by atoms with Gasteiger partial charge in [0.2, 0.25) is 10.0 Å². The second-order valence-electron chi connectivity index (χ2n) is 5.18. The smallest absolute Gasteiger partial charge is 0.256 e. The van der Waals surface area contributed by atoms with Crippen LogP contribution in [0.2, 0.25) is 0 Å². The molecule has 22 heavy (non-hydrogen) atoms. The van der Waals surface area contributed by atoms with Crippen molar-refractivity contribution in [3.8, 4) is 0 Å². The normalized spacial score (nSPS) is 16.7. The Labute approximate surface area is 128 Å². The zero-order valence-electron chi connectivity index (χ0n) is 12.0. The summed E-state index contributed by atoms with van der Waals surface area (Å²) < 4.78 is 25.1. The molecular weight excluding hydrogens is 304 g/mol. The molecule has 1 amide bonds. The van der Waals surface area contributed by atoms with Crippen LogP contribution in [0.3, 0.4) is 0 Å². The van der Waals surface area contributed by atoms with Crippen molar-refractivity contribution in [3.63, 3.8) is 0 Å². The number of sulfonamides is 1. The summed E-state index contributed by atoms with van der Waals surface area (Å²) in [7, 11) is -3.20. The van der Waals surface area contributed by atoms with E-state index in [9.17, 15) is 13.2 Å². The minimum Gasteiger partial charge on any atom is -0.305 e. The molecule has 1 aliphatic heterocycles. The summed E-state index contributed by atoms with van der Waals surface area (Å²) in [6, 6.07) is 8.24. The summed E-state index contributed by atoms with van der Waals surface area (Å²) in [5.74, 6) is 0.337. The van der Waals surface area contributed by atoms with Crippen LogP contribution >= 0.6 is 0 Å². The van der Waals surface area contributed by atoms with Gasteiger partial charge in [-0.15, -0.1) is 0 Å². The molecule has 0 atom stereocenters. The summed E-state index contributed by atoms with van der Waals surface area (Å²) in [6.45, 7) is 2.33. The van der Waals surface area contributed by atoms with Crippen LogP contribution in [0.4, 0.5) is 11.5 Å². The molecular formula is C14H16N4O3S. The molecule has 0 saturated carbocycles. The van der Waals surface area contributed by atoms with E-state index in [1.54, 1.807) is 30.3 Å². The van der Waals surface area contributed by atoms with E-state index in [0.29, 0.717) is 30.0 Å². The maximum atomic E-state index is 12.1. The van der Waals surface area contributed by atoms with Crippen LogP contribution in [0.25, 0.3) is 0 Å². The molecule has 1 aromatic heterocycles. The Balaban J connectivity index is 1.75. The van der Waals surface area contributed by atoms with Gasteiger partial charge in [-0.3, -0.25) is 14.2 Å². The molecule has 2 heterocycles. The summed E-state index contributed by atoms with van der Waals surface area (Å²) >= 11 is 0. The van der Waals surface area contributed by atoms with Crippen molar-refractivity contribution in [2.24, 2.45) is 0 Å². The van der Waals surface area contributed by atoms with E-state index in [1.807, 2.05) is 6.92 Å². The number of nitrogens with zero attached hydrogens (tertiary/aromatic N) is 2. The van der Waals surface area contributed by atoms with Crippen LogP contribution in [-0.4, -0.2) is 36.8 Å². The second-order valence-corrected chi connectivity index (χ2v) is 7.19. The lowest BCUT2D eigenvalue weighted by Crippen LogP contribution is -2.25. The van der Waals surface area contributed by atoms with E-state index in [-0.39, 0.29) is 11.7 Å². The van der Waals surface area contributed by atoms with Crippen molar-refractivity contribution < 1.29 is 13.2 Å². The molecule has 0 radical (unpaired) electrons.